The lowest BCUT2D eigenvalue weighted by Gasteiger charge is -2.59. The largest absolute Gasteiger partial charge is 0.369 e. The third-order valence-electron chi connectivity index (χ3n) is 6.13. The summed E-state index contributed by atoms with van der Waals surface area (Å²) in [5, 5.41) is 0. The van der Waals surface area contributed by atoms with Gasteiger partial charge in [-0.1, -0.05) is 36.4 Å². The Labute approximate surface area is 170 Å². The molecule has 2 aliphatic heterocycles. The Morgan fingerprint density at radius 1 is 1.14 bits per heavy atom. The molecule has 2 saturated heterocycles. The van der Waals surface area contributed by atoms with Crippen molar-refractivity contribution in [2.24, 2.45) is 0 Å². The van der Waals surface area contributed by atoms with E-state index >= 15 is 0 Å². The van der Waals surface area contributed by atoms with E-state index in [2.05, 4.69) is 0 Å². The SMILES string of the molecule is COC1C(=O)N(c2cccc(F)c2)C12CCN(C(=O)CCc1ccccc1)CC2. The van der Waals surface area contributed by atoms with Crippen LogP contribution in [-0.4, -0.2) is 48.6 Å². The molecule has 1 atom stereocenters. The highest BCUT2D eigenvalue weighted by molar-refractivity contribution is 6.06. The maximum Gasteiger partial charge on any atom is 0.259 e. The Morgan fingerprint density at radius 2 is 1.86 bits per heavy atom. The van der Waals surface area contributed by atoms with Crippen LogP contribution in [0.5, 0.6) is 0 Å². The van der Waals surface area contributed by atoms with E-state index in [1.807, 2.05) is 35.2 Å². The van der Waals surface area contributed by atoms with Gasteiger partial charge in [0.1, 0.15) is 5.82 Å². The van der Waals surface area contributed by atoms with Gasteiger partial charge in [0.05, 0.1) is 5.54 Å². The molecule has 4 rings (SSSR count). The second kappa shape index (κ2) is 7.95. The molecule has 0 radical (unpaired) electrons. The number of methoxy groups -OCH3 is 1. The standard InChI is InChI=1S/C23H25FN2O3/c1-29-21-22(28)26(19-9-5-8-18(24)16-19)23(21)12-14-25(15-13-23)20(27)11-10-17-6-3-2-4-7-17/h2-9,16,21H,10-15H2,1H3. The molecular formula is C23H25FN2O3. The number of aryl methyl sites for hydroxylation is 1. The minimum absolute atomic E-state index is 0.126. The number of amides is 2. The van der Waals surface area contributed by atoms with Gasteiger partial charge in [-0.3, -0.25) is 9.59 Å². The van der Waals surface area contributed by atoms with Crippen molar-refractivity contribution in [2.45, 2.75) is 37.3 Å². The van der Waals surface area contributed by atoms with Crippen LogP contribution in [0, 0.1) is 5.82 Å². The van der Waals surface area contributed by atoms with Gasteiger partial charge in [-0.15, -0.1) is 0 Å². The van der Waals surface area contributed by atoms with Gasteiger partial charge in [0, 0.05) is 32.3 Å². The number of benzene rings is 2. The number of ether oxygens (including phenoxy) is 1. The van der Waals surface area contributed by atoms with E-state index < -0.39 is 11.6 Å². The van der Waals surface area contributed by atoms with Gasteiger partial charge in [0.25, 0.3) is 5.91 Å². The lowest BCUT2D eigenvalue weighted by molar-refractivity contribution is -0.152. The molecule has 2 aromatic carbocycles. The maximum atomic E-state index is 13.7. The average molecular weight is 396 g/mol. The number of piperidine rings is 1. The quantitative estimate of drug-likeness (QED) is 0.730. The van der Waals surface area contributed by atoms with Crippen LogP contribution >= 0.6 is 0 Å². The molecule has 0 aliphatic carbocycles. The number of halogens is 1. The summed E-state index contributed by atoms with van der Waals surface area (Å²) in [6.45, 7) is 1.12. The fourth-order valence-electron chi connectivity index (χ4n) is 4.62. The Balaban J connectivity index is 1.43. The molecule has 0 aromatic heterocycles. The van der Waals surface area contributed by atoms with Crippen LogP contribution in [0.1, 0.15) is 24.8 Å². The van der Waals surface area contributed by atoms with Crippen LogP contribution in [0.15, 0.2) is 54.6 Å². The van der Waals surface area contributed by atoms with Crippen LogP contribution in [0.3, 0.4) is 0 Å². The predicted molar refractivity (Wildman–Crippen MR) is 108 cm³/mol. The van der Waals surface area contributed by atoms with Gasteiger partial charge in [-0.2, -0.15) is 0 Å². The second-order valence-corrected chi connectivity index (χ2v) is 7.74. The summed E-state index contributed by atoms with van der Waals surface area (Å²) in [6, 6.07) is 16.1. The van der Waals surface area contributed by atoms with Crippen molar-refractivity contribution in [3.63, 3.8) is 0 Å². The normalized spacial score (nSPS) is 20.6. The first kappa shape index (κ1) is 19.6. The van der Waals surface area contributed by atoms with Gasteiger partial charge in [-0.05, 0) is 43.0 Å². The molecule has 0 bridgehead atoms. The van der Waals surface area contributed by atoms with E-state index in [-0.39, 0.29) is 17.6 Å². The molecule has 2 amide bonds. The summed E-state index contributed by atoms with van der Waals surface area (Å²) in [7, 11) is 1.53. The van der Waals surface area contributed by atoms with Gasteiger partial charge in [0.2, 0.25) is 5.91 Å². The fourth-order valence-corrected chi connectivity index (χ4v) is 4.62. The number of carbonyl (C=O) groups excluding carboxylic acids is 2. The van der Waals surface area contributed by atoms with Crippen molar-refractivity contribution in [1.82, 2.24) is 4.90 Å². The predicted octanol–water partition coefficient (Wildman–Crippen LogP) is 3.18. The molecule has 2 aromatic rings. The van der Waals surface area contributed by atoms with Crippen LogP contribution in [0.4, 0.5) is 10.1 Å². The molecule has 0 saturated carbocycles. The summed E-state index contributed by atoms with van der Waals surface area (Å²) in [6.07, 6.45) is 1.87. The van der Waals surface area contributed by atoms with Gasteiger partial charge in [-0.25, -0.2) is 4.39 Å². The number of β-lactam (4-membered cyclic amide) rings is 1. The maximum absolute atomic E-state index is 13.7. The zero-order chi connectivity index (χ0) is 20.4. The monoisotopic (exact) mass is 396 g/mol. The first-order valence-corrected chi connectivity index (χ1v) is 9.99. The Kier molecular flexibility index (Phi) is 5.37. The molecule has 1 spiro atoms. The lowest BCUT2D eigenvalue weighted by Crippen LogP contribution is -2.78. The van der Waals surface area contributed by atoms with E-state index in [1.54, 1.807) is 17.0 Å². The van der Waals surface area contributed by atoms with Crippen LogP contribution in [-0.2, 0) is 20.7 Å². The van der Waals surface area contributed by atoms with Gasteiger partial charge < -0.3 is 14.5 Å². The smallest absolute Gasteiger partial charge is 0.259 e. The minimum atomic E-state index is -0.549. The fraction of sp³-hybridized carbons (Fsp3) is 0.391. The molecule has 0 N–H and O–H groups in total. The molecular weight excluding hydrogens is 371 g/mol. The molecule has 5 nitrogen and oxygen atoms in total. The number of hydrogen-bond donors (Lipinski definition) is 0. The summed E-state index contributed by atoms with van der Waals surface area (Å²) in [4.78, 5) is 28.8. The molecule has 29 heavy (non-hydrogen) atoms. The summed E-state index contributed by atoms with van der Waals surface area (Å²) < 4.78 is 19.2. The third-order valence-corrected chi connectivity index (χ3v) is 6.13. The van der Waals surface area contributed by atoms with Crippen molar-refractivity contribution in [2.75, 3.05) is 25.1 Å². The Morgan fingerprint density at radius 3 is 2.52 bits per heavy atom. The number of nitrogens with zero attached hydrogens (tertiary/aromatic N) is 2. The average Bonchev–Trinajstić information content (AvgIpc) is 2.73. The molecule has 2 aliphatic rings. The van der Waals surface area contributed by atoms with Crippen molar-refractivity contribution < 1.29 is 18.7 Å². The van der Waals surface area contributed by atoms with Crippen molar-refractivity contribution >= 4 is 17.5 Å². The van der Waals surface area contributed by atoms with E-state index in [0.717, 1.165) is 12.0 Å². The van der Waals surface area contributed by atoms with E-state index in [9.17, 15) is 14.0 Å². The Bertz CT molecular complexity index is 894. The number of carbonyl (C=O) groups is 2. The van der Waals surface area contributed by atoms with Crippen molar-refractivity contribution in [1.29, 1.82) is 0 Å². The summed E-state index contributed by atoms with van der Waals surface area (Å²) in [5.41, 5.74) is 1.18. The van der Waals surface area contributed by atoms with Gasteiger partial charge >= 0.3 is 0 Å². The zero-order valence-corrected chi connectivity index (χ0v) is 16.5. The topological polar surface area (TPSA) is 49.9 Å². The highest BCUT2D eigenvalue weighted by Crippen LogP contribution is 2.45. The first-order valence-electron chi connectivity index (χ1n) is 9.99. The zero-order valence-electron chi connectivity index (χ0n) is 16.5. The van der Waals surface area contributed by atoms with E-state index in [1.165, 1.54) is 19.2 Å². The lowest BCUT2D eigenvalue weighted by atomic mass is 9.72. The first-order chi connectivity index (χ1) is 14.0. The van der Waals surface area contributed by atoms with Crippen LogP contribution in [0.2, 0.25) is 0 Å². The second-order valence-electron chi connectivity index (χ2n) is 7.74. The summed E-state index contributed by atoms with van der Waals surface area (Å²) >= 11 is 0. The van der Waals surface area contributed by atoms with E-state index in [4.69, 9.17) is 4.74 Å². The molecule has 6 heteroatoms. The number of rotatable bonds is 5. The molecule has 152 valence electrons. The third kappa shape index (κ3) is 3.53. The molecule has 1 unspecified atom stereocenters. The number of anilines is 1. The van der Waals surface area contributed by atoms with Gasteiger partial charge in [0.15, 0.2) is 6.10 Å². The van der Waals surface area contributed by atoms with Crippen LogP contribution in [0.25, 0.3) is 0 Å². The van der Waals surface area contributed by atoms with Crippen LogP contribution < -0.4 is 4.90 Å². The molecule has 2 fully saturated rings. The van der Waals surface area contributed by atoms with Crippen molar-refractivity contribution in [3.05, 3.63) is 66.0 Å². The number of likely N-dealkylation sites (tertiary alicyclic amines) is 1. The summed E-state index contributed by atoms with van der Waals surface area (Å²) in [5.74, 6) is -0.401. The molecule has 2 heterocycles. The highest BCUT2D eigenvalue weighted by atomic mass is 19.1. The number of hydrogen-bond acceptors (Lipinski definition) is 3. The van der Waals surface area contributed by atoms with Crippen molar-refractivity contribution in [3.8, 4) is 0 Å². The highest BCUT2D eigenvalue weighted by Gasteiger charge is 2.62. The van der Waals surface area contributed by atoms with E-state index in [0.29, 0.717) is 38.0 Å². The minimum Gasteiger partial charge on any atom is -0.369 e. The Hall–Kier alpha value is -2.73.